The van der Waals surface area contributed by atoms with Gasteiger partial charge in [-0.2, -0.15) is 0 Å². The molecule has 3 nitrogen and oxygen atoms in total. The minimum absolute atomic E-state index is 0.0856. The molecule has 1 fully saturated rings. The van der Waals surface area contributed by atoms with Gasteiger partial charge in [-0.05, 0) is 31.5 Å². The molecule has 0 saturated carbocycles. The molecular weight excluding hydrogens is 248 g/mol. The van der Waals surface area contributed by atoms with Crippen LogP contribution >= 0.6 is 11.6 Å². The van der Waals surface area contributed by atoms with Crippen LogP contribution in [0.15, 0.2) is 24.3 Å². The summed E-state index contributed by atoms with van der Waals surface area (Å²) in [7, 11) is 0. The van der Waals surface area contributed by atoms with Crippen LogP contribution < -0.4 is 10.6 Å². The van der Waals surface area contributed by atoms with Gasteiger partial charge in [0, 0.05) is 6.54 Å². The Labute approximate surface area is 113 Å². The molecule has 4 heteroatoms. The average Bonchev–Trinajstić information content (AvgIpc) is 2.82. The Hall–Kier alpha value is -1.06. The van der Waals surface area contributed by atoms with Crippen molar-refractivity contribution in [1.29, 1.82) is 0 Å². The van der Waals surface area contributed by atoms with E-state index in [2.05, 4.69) is 17.6 Å². The molecule has 0 radical (unpaired) electrons. The maximum Gasteiger partial charge on any atom is 0.231 e. The van der Waals surface area contributed by atoms with Crippen LogP contribution in [0.5, 0.6) is 0 Å². The number of halogens is 1. The van der Waals surface area contributed by atoms with Gasteiger partial charge in [0.15, 0.2) is 0 Å². The van der Waals surface area contributed by atoms with Gasteiger partial charge in [-0.25, -0.2) is 0 Å². The van der Waals surface area contributed by atoms with Gasteiger partial charge in [0.2, 0.25) is 5.91 Å². The molecule has 0 aliphatic carbocycles. The molecule has 98 valence electrons. The van der Waals surface area contributed by atoms with Gasteiger partial charge in [0.05, 0.1) is 16.1 Å². The molecule has 1 saturated heterocycles. The van der Waals surface area contributed by atoms with E-state index in [1.54, 1.807) is 6.07 Å². The van der Waals surface area contributed by atoms with Gasteiger partial charge in [-0.15, -0.1) is 0 Å². The van der Waals surface area contributed by atoms with Crippen LogP contribution in [0.1, 0.15) is 26.2 Å². The standard InChI is InChI=1S/C14H19ClN2O/c1-2-7-14(8-9-16-10-14)13(18)17-12-6-4-3-5-11(12)15/h3-6,16H,2,7-10H2,1H3,(H,17,18). The molecule has 1 heterocycles. The molecule has 0 aromatic heterocycles. The normalized spacial score (nSPS) is 23.0. The average molecular weight is 267 g/mol. The SMILES string of the molecule is CCCC1(C(=O)Nc2ccccc2Cl)CCNC1. The number of amides is 1. The second-order valence-electron chi connectivity index (χ2n) is 4.89. The summed E-state index contributed by atoms with van der Waals surface area (Å²) in [4.78, 5) is 12.5. The number of carbonyl (C=O) groups is 1. The highest BCUT2D eigenvalue weighted by Crippen LogP contribution is 2.33. The summed E-state index contributed by atoms with van der Waals surface area (Å²) in [6.07, 6.45) is 2.82. The molecule has 2 N–H and O–H groups in total. The lowest BCUT2D eigenvalue weighted by Gasteiger charge is -2.26. The Balaban J connectivity index is 2.13. The molecule has 0 spiro atoms. The van der Waals surface area contributed by atoms with Crippen molar-refractivity contribution < 1.29 is 4.79 Å². The van der Waals surface area contributed by atoms with E-state index in [0.29, 0.717) is 10.7 Å². The van der Waals surface area contributed by atoms with E-state index >= 15 is 0 Å². The first-order valence-electron chi connectivity index (χ1n) is 6.45. The third-order valence-corrected chi connectivity index (χ3v) is 3.91. The van der Waals surface area contributed by atoms with Crippen molar-refractivity contribution in [2.75, 3.05) is 18.4 Å². The van der Waals surface area contributed by atoms with Crippen molar-refractivity contribution in [3.8, 4) is 0 Å². The predicted molar refractivity (Wildman–Crippen MR) is 74.9 cm³/mol. The van der Waals surface area contributed by atoms with Gasteiger partial charge in [0.25, 0.3) is 0 Å². The van der Waals surface area contributed by atoms with Crippen LogP contribution in [-0.2, 0) is 4.79 Å². The molecule has 1 amide bonds. The summed E-state index contributed by atoms with van der Waals surface area (Å²) >= 11 is 6.07. The molecule has 0 bridgehead atoms. The Morgan fingerprint density at radius 3 is 2.89 bits per heavy atom. The number of rotatable bonds is 4. The molecule has 1 aromatic carbocycles. The first-order valence-corrected chi connectivity index (χ1v) is 6.82. The fourth-order valence-corrected chi connectivity index (χ4v) is 2.74. The molecule has 2 rings (SSSR count). The monoisotopic (exact) mass is 266 g/mol. The number of nitrogens with one attached hydrogen (secondary N) is 2. The molecule has 1 aliphatic rings. The van der Waals surface area contributed by atoms with Crippen LogP contribution in [0.25, 0.3) is 0 Å². The Kier molecular flexibility index (Phi) is 4.25. The van der Waals surface area contributed by atoms with Crippen molar-refractivity contribution in [3.63, 3.8) is 0 Å². The van der Waals surface area contributed by atoms with Crippen molar-refractivity contribution in [2.45, 2.75) is 26.2 Å². The zero-order valence-electron chi connectivity index (χ0n) is 10.6. The van der Waals surface area contributed by atoms with Crippen molar-refractivity contribution in [3.05, 3.63) is 29.3 Å². The highest BCUT2D eigenvalue weighted by atomic mass is 35.5. The fraction of sp³-hybridized carbons (Fsp3) is 0.500. The number of hydrogen-bond acceptors (Lipinski definition) is 2. The largest absolute Gasteiger partial charge is 0.324 e. The van der Waals surface area contributed by atoms with Crippen LogP contribution in [-0.4, -0.2) is 19.0 Å². The molecule has 1 unspecified atom stereocenters. The van der Waals surface area contributed by atoms with E-state index in [4.69, 9.17) is 11.6 Å². The second-order valence-corrected chi connectivity index (χ2v) is 5.30. The number of benzene rings is 1. The summed E-state index contributed by atoms with van der Waals surface area (Å²) in [6.45, 7) is 3.79. The molecule has 1 aromatic rings. The van der Waals surface area contributed by atoms with E-state index in [1.165, 1.54) is 0 Å². The van der Waals surface area contributed by atoms with Crippen LogP contribution in [0, 0.1) is 5.41 Å². The number of hydrogen-bond donors (Lipinski definition) is 2. The number of para-hydroxylation sites is 1. The maximum absolute atomic E-state index is 12.5. The smallest absolute Gasteiger partial charge is 0.231 e. The second kappa shape index (κ2) is 5.72. The first kappa shape index (κ1) is 13.4. The van der Waals surface area contributed by atoms with Crippen LogP contribution in [0.3, 0.4) is 0 Å². The van der Waals surface area contributed by atoms with Crippen LogP contribution in [0.4, 0.5) is 5.69 Å². The first-order chi connectivity index (χ1) is 8.68. The predicted octanol–water partition coefficient (Wildman–Crippen LogP) is 3.06. The summed E-state index contributed by atoms with van der Waals surface area (Å²) in [5.41, 5.74) is 0.431. The van der Waals surface area contributed by atoms with Gasteiger partial charge in [-0.1, -0.05) is 37.1 Å². The zero-order valence-corrected chi connectivity index (χ0v) is 11.4. The quantitative estimate of drug-likeness (QED) is 0.879. The van der Waals surface area contributed by atoms with E-state index in [-0.39, 0.29) is 11.3 Å². The summed E-state index contributed by atoms with van der Waals surface area (Å²) in [6, 6.07) is 7.36. The highest BCUT2D eigenvalue weighted by molar-refractivity contribution is 6.33. The zero-order chi connectivity index (χ0) is 13.0. The molecule has 1 atom stereocenters. The van der Waals surface area contributed by atoms with Gasteiger partial charge < -0.3 is 10.6 Å². The topological polar surface area (TPSA) is 41.1 Å². The van der Waals surface area contributed by atoms with E-state index in [9.17, 15) is 4.79 Å². The van der Waals surface area contributed by atoms with Crippen molar-refractivity contribution >= 4 is 23.2 Å². The number of anilines is 1. The number of carbonyl (C=O) groups excluding carboxylic acids is 1. The Morgan fingerprint density at radius 2 is 2.28 bits per heavy atom. The van der Waals surface area contributed by atoms with Crippen LogP contribution in [0.2, 0.25) is 5.02 Å². The molecular formula is C14H19ClN2O. The van der Waals surface area contributed by atoms with Crippen molar-refractivity contribution in [1.82, 2.24) is 5.32 Å². The van der Waals surface area contributed by atoms with Gasteiger partial charge in [-0.3, -0.25) is 4.79 Å². The molecule has 18 heavy (non-hydrogen) atoms. The van der Waals surface area contributed by atoms with Gasteiger partial charge >= 0.3 is 0 Å². The summed E-state index contributed by atoms with van der Waals surface area (Å²) in [5.74, 6) is 0.0856. The third-order valence-electron chi connectivity index (χ3n) is 3.58. The lowest BCUT2D eigenvalue weighted by atomic mass is 9.81. The van der Waals surface area contributed by atoms with E-state index in [1.807, 2.05) is 18.2 Å². The summed E-state index contributed by atoms with van der Waals surface area (Å²) < 4.78 is 0. The van der Waals surface area contributed by atoms with Gasteiger partial charge in [0.1, 0.15) is 0 Å². The highest BCUT2D eigenvalue weighted by Gasteiger charge is 2.40. The fourth-order valence-electron chi connectivity index (χ4n) is 2.56. The maximum atomic E-state index is 12.5. The minimum Gasteiger partial charge on any atom is -0.324 e. The Morgan fingerprint density at radius 1 is 1.50 bits per heavy atom. The lowest BCUT2D eigenvalue weighted by Crippen LogP contribution is -2.38. The lowest BCUT2D eigenvalue weighted by molar-refractivity contribution is -0.125. The molecule has 1 aliphatic heterocycles. The third kappa shape index (κ3) is 2.68. The van der Waals surface area contributed by atoms with Crippen molar-refractivity contribution in [2.24, 2.45) is 5.41 Å². The van der Waals surface area contributed by atoms with E-state index < -0.39 is 0 Å². The van der Waals surface area contributed by atoms with E-state index in [0.717, 1.165) is 32.4 Å². The summed E-state index contributed by atoms with van der Waals surface area (Å²) in [5, 5.41) is 6.84. The minimum atomic E-state index is -0.270. The Bertz CT molecular complexity index is 428.